The van der Waals surface area contributed by atoms with Crippen LogP contribution in [0.2, 0.25) is 0 Å². The van der Waals surface area contributed by atoms with Gasteiger partial charge in [0.05, 0.1) is 0 Å². The molecule has 1 heterocycles. The lowest BCUT2D eigenvalue weighted by molar-refractivity contribution is -0.140. The molecule has 0 saturated carbocycles. The number of likely N-dealkylation sites (N-methyl/N-ethyl adjacent to an activating group) is 1. The molecule has 26 heavy (non-hydrogen) atoms. The maximum absolute atomic E-state index is 12.7. The summed E-state index contributed by atoms with van der Waals surface area (Å²) in [5, 5.41) is 0. The third-order valence-corrected chi connectivity index (χ3v) is 4.50. The van der Waals surface area contributed by atoms with E-state index in [0.29, 0.717) is 37.4 Å². The van der Waals surface area contributed by atoms with Gasteiger partial charge in [0.2, 0.25) is 11.8 Å². The van der Waals surface area contributed by atoms with E-state index in [4.69, 9.17) is 0 Å². The maximum Gasteiger partial charge on any atom is 0.253 e. The molecule has 140 valence electrons. The molecular formula is C20H27N3O3. The van der Waals surface area contributed by atoms with Crippen LogP contribution < -0.4 is 4.90 Å². The largest absolute Gasteiger partial charge is 0.339 e. The monoisotopic (exact) mass is 357 g/mol. The van der Waals surface area contributed by atoms with Crippen molar-refractivity contribution in [3.63, 3.8) is 0 Å². The number of piperazine rings is 1. The smallest absolute Gasteiger partial charge is 0.253 e. The lowest BCUT2D eigenvalue weighted by Crippen LogP contribution is -2.53. The molecule has 1 saturated heterocycles. The fraction of sp³-hybridized carbons (Fsp3) is 0.450. The summed E-state index contributed by atoms with van der Waals surface area (Å²) in [6, 6.07) is 6.93. The number of carbonyl (C=O) groups excluding carboxylic acids is 3. The van der Waals surface area contributed by atoms with Gasteiger partial charge in [0.15, 0.2) is 0 Å². The first-order chi connectivity index (χ1) is 12.1. The zero-order valence-corrected chi connectivity index (χ0v) is 16.0. The highest BCUT2D eigenvalue weighted by atomic mass is 16.2. The molecule has 0 unspecified atom stereocenters. The first-order valence-electron chi connectivity index (χ1n) is 8.74. The molecule has 0 radical (unpaired) electrons. The second kappa shape index (κ2) is 7.72. The SMILES string of the molecule is C=CC(=O)N(C)c1ccc(C(=O)N2CCN(C(=O)C(C)(C)C)CC2)cc1. The average Bonchev–Trinajstić information content (AvgIpc) is 2.65. The molecular weight excluding hydrogens is 330 g/mol. The molecule has 3 amide bonds. The van der Waals surface area contributed by atoms with Gasteiger partial charge in [-0.1, -0.05) is 27.4 Å². The minimum atomic E-state index is -0.406. The molecule has 2 rings (SSSR count). The Morgan fingerprint density at radius 3 is 1.96 bits per heavy atom. The molecule has 1 fully saturated rings. The predicted molar refractivity (Wildman–Crippen MR) is 102 cm³/mol. The second-order valence-electron chi connectivity index (χ2n) is 7.48. The molecule has 1 aromatic carbocycles. The van der Waals surface area contributed by atoms with Crippen molar-refractivity contribution in [2.75, 3.05) is 38.1 Å². The Morgan fingerprint density at radius 2 is 1.50 bits per heavy atom. The fourth-order valence-corrected chi connectivity index (χ4v) is 2.86. The highest BCUT2D eigenvalue weighted by Crippen LogP contribution is 2.20. The summed E-state index contributed by atoms with van der Waals surface area (Å²) in [5.74, 6) is -0.148. The third kappa shape index (κ3) is 4.31. The lowest BCUT2D eigenvalue weighted by atomic mass is 9.94. The van der Waals surface area contributed by atoms with Gasteiger partial charge in [0, 0.05) is 49.9 Å². The standard InChI is InChI=1S/C20H27N3O3/c1-6-17(24)21(5)16-9-7-15(8-10-16)18(25)22-11-13-23(14-12-22)19(26)20(2,3)4/h6-10H,1,11-14H2,2-5H3. The van der Waals surface area contributed by atoms with Crippen molar-refractivity contribution in [3.05, 3.63) is 42.5 Å². The van der Waals surface area contributed by atoms with E-state index in [1.807, 2.05) is 25.7 Å². The molecule has 6 nitrogen and oxygen atoms in total. The number of anilines is 1. The van der Waals surface area contributed by atoms with Crippen LogP contribution in [0.1, 0.15) is 31.1 Å². The Hall–Kier alpha value is -2.63. The average molecular weight is 357 g/mol. The van der Waals surface area contributed by atoms with Gasteiger partial charge >= 0.3 is 0 Å². The van der Waals surface area contributed by atoms with Crippen molar-refractivity contribution in [2.45, 2.75) is 20.8 Å². The number of rotatable bonds is 3. The molecule has 1 aliphatic rings. The summed E-state index contributed by atoms with van der Waals surface area (Å²) in [7, 11) is 1.66. The topological polar surface area (TPSA) is 60.9 Å². The van der Waals surface area contributed by atoms with Gasteiger partial charge in [-0.2, -0.15) is 0 Å². The fourth-order valence-electron chi connectivity index (χ4n) is 2.86. The summed E-state index contributed by atoms with van der Waals surface area (Å²) in [4.78, 5) is 41.7. The normalized spacial score (nSPS) is 14.8. The van der Waals surface area contributed by atoms with E-state index in [1.165, 1.54) is 11.0 Å². The molecule has 0 atom stereocenters. The van der Waals surface area contributed by atoms with E-state index in [1.54, 1.807) is 36.2 Å². The Labute approximate surface area is 155 Å². The van der Waals surface area contributed by atoms with E-state index >= 15 is 0 Å². The van der Waals surface area contributed by atoms with Crippen LogP contribution >= 0.6 is 0 Å². The van der Waals surface area contributed by atoms with Crippen LogP contribution in [0.15, 0.2) is 36.9 Å². The van der Waals surface area contributed by atoms with E-state index in [0.717, 1.165) is 0 Å². The number of carbonyl (C=O) groups is 3. The van der Waals surface area contributed by atoms with E-state index in [2.05, 4.69) is 6.58 Å². The van der Waals surface area contributed by atoms with Crippen LogP contribution in [0.4, 0.5) is 5.69 Å². The van der Waals surface area contributed by atoms with Gasteiger partial charge in [0.1, 0.15) is 0 Å². The van der Waals surface area contributed by atoms with E-state index in [9.17, 15) is 14.4 Å². The quantitative estimate of drug-likeness (QED) is 0.779. The summed E-state index contributed by atoms with van der Waals surface area (Å²) in [6.45, 7) is 11.3. The van der Waals surface area contributed by atoms with Crippen molar-refractivity contribution in [3.8, 4) is 0 Å². The van der Waals surface area contributed by atoms with Gasteiger partial charge in [-0.3, -0.25) is 14.4 Å². The van der Waals surface area contributed by atoms with Crippen molar-refractivity contribution >= 4 is 23.4 Å². The summed E-state index contributed by atoms with van der Waals surface area (Å²) >= 11 is 0. The second-order valence-corrected chi connectivity index (χ2v) is 7.48. The van der Waals surface area contributed by atoms with Crippen molar-refractivity contribution < 1.29 is 14.4 Å². The van der Waals surface area contributed by atoms with Crippen LogP contribution in [0, 0.1) is 5.41 Å². The van der Waals surface area contributed by atoms with Crippen molar-refractivity contribution in [1.29, 1.82) is 0 Å². The van der Waals surface area contributed by atoms with Crippen LogP contribution in [-0.4, -0.2) is 60.7 Å². The maximum atomic E-state index is 12.7. The lowest BCUT2D eigenvalue weighted by Gasteiger charge is -2.37. The molecule has 0 spiro atoms. The molecule has 0 N–H and O–H groups in total. The molecule has 0 aromatic heterocycles. The highest BCUT2D eigenvalue weighted by molar-refractivity contribution is 6.01. The van der Waals surface area contributed by atoms with Crippen LogP contribution in [-0.2, 0) is 9.59 Å². The first-order valence-corrected chi connectivity index (χ1v) is 8.74. The number of hydrogen-bond donors (Lipinski definition) is 0. The van der Waals surface area contributed by atoms with Gasteiger partial charge < -0.3 is 14.7 Å². The minimum Gasteiger partial charge on any atom is -0.339 e. The van der Waals surface area contributed by atoms with Gasteiger partial charge in [-0.25, -0.2) is 0 Å². The van der Waals surface area contributed by atoms with Crippen molar-refractivity contribution in [2.24, 2.45) is 5.41 Å². The first kappa shape index (κ1) is 19.7. The minimum absolute atomic E-state index is 0.0582. The molecule has 1 aromatic rings. The van der Waals surface area contributed by atoms with Crippen LogP contribution in [0.3, 0.4) is 0 Å². The van der Waals surface area contributed by atoms with Gasteiger partial charge in [-0.05, 0) is 30.3 Å². The Morgan fingerprint density at radius 1 is 1.00 bits per heavy atom. The molecule has 6 heteroatoms. The van der Waals surface area contributed by atoms with Crippen molar-refractivity contribution in [1.82, 2.24) is 9.80 Å². The predicted octanol–water partition coefficient (Wildman–Crippen LogP) is 2.17. The van der Waals surface area contributed by atoms with E-state index in [-0.39, 0.29) is 17.7 Å². The number of benzene rings is 1. The molecule has 0 bridgehead atoms. The van der Waals surface area contributed by atoms with Gasteiger partial charge in [0.25, 0.3) is 5.91 Å². The Kier molecular flexibility index (Phi) is 5.85. The summed E-state index contributed by atoms with van der Waals surface area (Å²) in [5.41, 5.74) is 0.868. The highest BCUT2D eigenvalue weighted by Gasteiger charge is 2.31. The summed E-state index contributed by atoms with van der Waals surface area (Å²) < 4.78 is 0. The zero-order chi connectivity index (χ0) is 19.5. The number of hydrogen-bond acceptors (Lipinski definition) is 3. The molecule has 0 aliphatic carbocycles. The van der Waals surface area contributed by atoms with E-state index < -0.39 is 5.41 Å². The number of amides is 3. The number of nitrogens with zero attached hydrogens (tertiary/aromatic N) is 3. The van der Waals surface area contributed by atoms with Crippen LogP contribution in [0.25, 0.3) is 0 Å². The Bertz CT molecular complexity index is 696. The van der Waals surface area contributed by atoms with Gasteiger partial charge in [-0.15, -0.1) is 0 Å². The Balaban J connectivity index is 1.99. The molecule has 1 aliphatic heterocycles. The third-order valence-electron chi connectivity index (χ3n) is 4.50. The van der Waals surface area contributed by atoms with Crippen LogP contribution in [0.5, 0.6) is 0 Å². The zero-order valence-electron chi connectivity index (χ0n) is 16.0. The summed E-state index contributed by atoms with van der Waals surface area (Å²) in [6.07, 6.45) is 1.25.